The number of nitrogens with one attached hydrogen (secondary N) is 2. The number of hydrogen-bond acceptors (Lipinski definition) is 5. The maximum atomic E-state index is 13.0. The van der Waals surface area contributed by atoms with Gasteiger partial charge in [0, 0.05) is 17.6 Å². The average molecular weight is 358 g/mol. The minimum absolute atomic E-state index is 0.290. The van der Waals surface area contributed by atoms with Gasteiger partial charge in [0.25, 0.3) is 0 Å². The van der Waals surface area contributed by atoms with Gasteiger partial charge in [0.15, 0.2) is 0 Å². The third kappa shape index (κ3) is 2.89. The fourth-order valence-corrected chi connectivity index (χ4v) is 5.12. The van der Waals surface area contributed by atoms with Gasteiger partial charge in [-0.1, -0.05) is 0 Å². The van der Waals surface area contributed by atoms with E-state index in [9.17, 15) is 8.42 Å². The first-order chi connectivity index (χ1) is 12.1. The summed E-state index contributed by atoms with van der Waals surface area (Å²) < 4.78 is 31.1. The van der Waals surface area contributed by atoms with Gasteiger partial charge in [-0.25, -0.2) is 8.42 Å². The van der Waals surface area contributed by atoms with Gasteiger partial charge in [-0.2, -0.15) is 0 Å². The second-order valence-electron chi connectivity index (χ2n) is 6.61. The highest BCUT2D eigenvalue weighted by molar-refractivity contribution is 7.91. The summed E-state index contributed by atoms with van der Waals surface area (Å²) in [5.41, 5.74) is 2.20. The van der Waals surface area contributed by atoms with E-state index in [0.29, 0.717) is 27.5 Å². The van der Waals surface area contributed by atoms with Crippen molar-refractivity contribution in [2.75, 3.05) is 25.5 Å². The van der Waals surface area contributed by atoms with E-state index in [-0.39, 0.29) is 0 Å². The van der Waals surface area contributed by atoms with Crippen LogP contribution in [-0.2, 0) is 9.84 Å². The summed E-state index contributed by atoms with van der Waals surface area (Å²) in [5, 5.41) is 6.98. The third-order valence-electron chi connectivity index (χ3n) is 5.19. The van der Waals surface area contributed by atoms with Crippen LogP contribution in [-0.4, -0.2) is 34.7 Å². The molecule has 25 heavy (non-hydrogen) atoms. The largest absolute Gasteiger partial charge is 0.497 e. The molecule has 2 atom stereocenters. The van der Waals surface area contributed by atoms with E-state index >= 15 is 0 Å². The normalized spacial score (nSPS) is 22.4. The Morgan fingerprint density at radius 1 is 1.00 bits per heavy atom. The zero-order valence-electron chi connectivity index (χ0n) is 14.2. The first-order valence-corrected chi connectivity index (χ1v) is 10.1. The molecule has 1 unspecified atom stereocenters. The van der Waals surface area contributed by atoms with Crippen molar-refractivity contribution in [1.82, 2.24) is 5.32 Å². The molecular formula is C19H22N2O3S. The highest BCUT2D eigenvalue weighted by Crippen LogP contribution is 2.41. The molecule has 4 rings (SSSR count). The van der Waals surface area contributed by atoms with E-state index in [4.69, 9.17) is 4.74 Å². The van der Waals surface area contributed by atoms with E-state index in [1.807, 2.05) is 12.1 Å². The van der Waals surface area contributed by atoms with Crippen LogP contribution in [0, 0.1) is 0 Å². The van der Waals surface area contributed by atoms with Crippen molar-refractivity contribution in [1.29, 1.82) is 0 Å². The maximum Gasteiger partial charge on any atom is 0.206 e. The van der Waals surface area contributed by atoms with Gasteiger partial charge in [-0.05, 0) is 74.0 Å². The first-order valence-electron chi connectivity index (χ1n) is 8.60. The van der Waals surface area contributed by atoms with Crippen molar-refractivity contribution >= 4 is 15.5 Å². The van der Waals surface area contributed by atoms with Crippen LogP contribution in [0.15, 0.2) is 52.3 Å². The molecule has 0 aromatic heterocycles. The molecule has 6 heteroatoms. The molecular weight excluding hydrogens is 336 g/mol. The molecule has 132 valence electrons. The van der Waals surface area contributed by atoms with Crippen molar-refractivity contribution in [3.63, 3.8) is 0 Å². The average Bonchev–Trinajstić information content (AvgIpc) is 2.82. The topological polar surface area (TPSA) is 67.4 Å². The monoisotopic (exact) mass is 358 g/mol. The van der Waals surface area contributed by atoms with Crippen LogP contribution in [0.25, 0.3) is 0 Å². The summed E-state index contributed by atoms with van der Waals surface area (Å²) in [4.78, 5) is 0.648. The molecule has 1 fully saturated rings. The summed E-state index contributed by atoms with van der Waals surface area (Å²) in [7, 11) is -1.97. The number of sulfone groups is 1. The quantitative estimate of drug-likeness (QED) is 0.883. The second-order valence-corrected chi connectivity index (χ2v) is 8.56. The Bertz CT molecular complexity index is 878. The molecule has 1 saturated heterocycles. The van der Waals surface area contributed by atoms with Crippen molar-refractivity contribution in [2.45, 2.75) is 34.6 Å². The molecule has 2 N–H and O–H groups in total. The van der Waals surface area contributed by atoms with Gasteiger partial charge < -0.3 is 15.4 Å². The number of fused-ring (bicyclic) bond motifs is 3. The van der Waals surface area contributed by atoms with Gasteiger partial charge in [0.1, 0.15) is 5.75 Å². The fourth-order valence-electron chi connectivity index (χ4n) is 3.82. The highest BCUT2D eigenvalue weighted by atomic mass is 32.2. The van der Waals surface area contributed by atoms with Crippen LogP contribution < -0.4 is 15.4 Å². The zero-order valence-corrected chi connectivity index (χ0v) is 15.0. The summed E-state index contributed by atoms with van der Waals surface area (Å²) in [6, 6.07) is 12.4. The molecule has 0 radical (unpaired) electrons. The third-order valence-corrected chi connectivity index (χ3v) is 6.96. The maximum absolute atomic E-state index is 13.0. The van der Waals surface area contributed by atoms with Gasteiger partial charge in [-0.15, -0.1) is 0 Å². The first kappa shape index (κ1) is 16.4. The number of methoxy groups -OCH3 is 1. The lowest BCUT2D eigenvalue weighted by Gasteiger charge is -2.16. The molecule has 0 spiro atoms. The fraction of sp³-hybridized carbons (Fsp3) is 0.368. The molecule has 0 aliphatic carbocycles. The molecule has 0 saturated carbocycles. The highest BCUT2D eigenvalue weighted by Gasteiger charge is 2.34. The zero-order chi connectivity index (χ0) is 17.4. The second kappa shape index (κ2) is 6.35. The Balaban J connectivity index is 1.71. The molecule has 2 aliphatic rings. The summed E-state index contributed by atoms with van der Waals surface area (Å²) >= 11 is 0. The van der Waals surface area contributed by atoms with Crippen molar-refractivity contribution in [3.05, 3.63) is 48.0 Å². The Morgan fingerprint density at radius 3 is 2.48 bits per heavy atom. The lowest BCUT2D eigenvalue weighted by Crippen LogP contribution is -2.21. The number of benzene rings is 2. The molecule has 2 heterocycles. The smallest absolute Gasteiger partial charge is 0.206 e. The Morgan fingerprint density at radius 2 is 1.72 bits per heavy atom. The predicted octanol–water partition coefficient (Wildman–Crippen LogP) is 2.79. The molecule has 2 aromatic rings. The summed E-state index contributed by atoms with van der Waals surface area (Å²) in [5.74, 6) is 1.02. The molecule has 0 bridgehead atoms. The number of hydrogen-bond donors (Lipinski definition) is 2. The predicted molar refractivity (Wildman–Crippen MR) is 97.1 cm³/mol. The van der Waals surface area contributed by atoms with E-state index in [2.05, 4.69) is 10.6 Å². The van der Waals surface area contributed by atoms with Gasteiger partial charge in [-0.3, -0.25) is 0 Å². The molecule has 2 aliphatic heterocycles. The van der Waals surface area contributed by atoms with Crippen LogP contribution in [0.2, 0.25) is 0 Å². The Hall–Kier alpha value is -2.05. The Labute approximate surface area is 148 Å². The minimum atomic E-state index is -3.53. The minimum Gasteiger partial charge on any atom is -0.497 e. The van der Waals surface area contributed by atoms with E-state index < -0.39 is 9.84 Å². The SMILES string of the molecule is COc1ccc(S(=O)(=O)c2ccc3c(c2)[C@@H]2CCNCCC2N3)cc1. The molecule has 0 amide bonds. The molecule has 5 nitrogen and oxygen atoms in total. The van der Waals surface area contributed by atoms with Crippen LogP contribution >= 0.6 is 0 Å². The van der Waals surface area contributed by atoms with E-state index in [1.165, 1.54) is 0 Å². The van der Waals surface area contributed by atoms with Crippen molar-refractivity contribution < 1.29 is 13.2 Å². The van der Waals surface area contributed by atoms with E-state index in [1.54, 1.807) is 37.4 Å². The van der Waals surface area contributed by atoms with Gasteiger partial charge in [0.2, 0.25) is 9.84 Å². The van der Waals surface area contributed by atoms with Crippen molar-refractivity contribution in [2.24, 2.45) is 0 Å². The standard InChI is InChI=1S/C19H22N2O3S/c1-24-13-2-4-14(5-3-13)25(22,23)15-6-7-18-17(12-15)16-8-10-20-11-9-19(16)21-18/h2-7,12,16,19-21H,8-11H2,1H3/t16-,19?/m0/s1. The molecule has 2 aromatic carbocycles. The number of ether oxygens (including phenoxy) is 1. The lowest BCUT2D eigenvalue weighted by molar-refractivity contribution is 0.414. The Kier molecular flexibility index (Phi) is 4.17. The van der Waals surface area contributed by atoms with Crippen LogP contribution in [0.1, 0.15) is 24.3 Å². The van der Waals surface area contributed by atoms with E-state index in [0.717, 1.165) is 37.2 Å². The number of rotatable bonds is 3. The van der Waals surface area contributed by atoms with Crippen LogP contribution in [0.5, 0.6) is 5.75 Å². The van der Waals surface area contributed by atoms with Crippen molar-refractivity contribution in [3.8, 4) is 5.75 Å². The number of anilines is 1. The summed E-state index contributed by atoms with van der Waals surface area (Å²) in [6.45, 7) is 1.97. The van der Waals surface area contributed by atoms with Gasteiger partial charge in [0.05, 0.1) is 16.9 Å². The van der Waals surface area contributed by atoms with Crippen LogP contribution in [0.3, 0.4) is 0 Å². The van der Waals surface area contributed by atoms with Gasteiger partial charge >= 0.3 is 0 Å². The lowest BCUT2D eigenvalue weighted by atomic mass is 9.91. The summed E-state index contributed by atoms with van der Waals surface area (Å²) in [6.07, 6.45) is 2.08. The van der Waals surface area contributed by atoms with Crippen LogP contribution in [0.4, 0.5) is 5.69 Å².